The maximum absolute atomic E-state index is 13.4. The van der Waals surface area contributed by atoms with Gasteiger partial charge in [0.25, 0.3) is 0 Å². The Kier molecular flexibility index (Phi) is 6.18. The minimum Gasteiger partial charge on any atom is -0.490 e. The SMILES string of the molecule is FC(F)(F)c1cnc(Nc2ccc(OC3CCCC3)cc2)nc1Nc1ccccc1Cl. The van der Waals surface area contributed by atoms with E-state index in [1.165, 1.54) is 12.8 Å². The Labute approximate surface area is 182 Å². The van der Waals surface area contributed by atoms with Gasteiger partial charge in [-0.3, -0.25) is 0 Å². The van der Waals surface area contributed by atoms with Crippen LogP contribution >= 0.6 is 11.6 Å². The quantitative estimate of drug-likeness (QED) is 0.427. The molecule has 1 saturated carbocycles. The monoisotopic (exact) mass is 448 g/mol. The molecule has 4 rings (SSSR count). The highest BCUT2D eigenvalue weighted by atomic mass is 35.5. The predicted molar refractivity (Wildman–Crippen MR) is 114 cm³/mol. The Morgan fingerprint density at radius 1 is 0.968 bits per heavy atom. The number of hydrogen-bond acceptors (Lipinski definition) is 5. The number of anilines is 4. The van der Waals surface area contributed by atoms with Crippen molar-refractivity contribution < 1.29 is 17.9 Å². The van der Waals surface area contributed by atoms with E-state index in [1.54, 1.807) is 36.4 Å². The Balaban J connectivity index is 1.53. The van der Waals surface area contributed by atoms with Crippen molar-refractivity contribution >= 4 is 34.7 Å². The summed E-state index contributed by atoms with van der Waals surface area (Å²) in [7, 11) is 0. The predicted octanol–water partition coefficient (Wildman–Crippen LogP) is 6.96. The fraction of sp³-hybridized carbons (Fsp3) is 0.273. The van der Waals surface area contributed by atoms with Crippen molar-refractivity contribution in [1.29, 1.82) is 0 Å². The lowest BCUT2D eigenvalue weighted by atomic mass is 10.2. The topological polar surface area (TPSA) is 59.1 Å². The standard InChI is InChI=1S/C22H20ClF3N4O/c23-18-7-3-4-8-19(18)29-20-17(22(24,25)26)13-27-21(30-20)28-14-9-11-16(12-10-14)31-15-5-1-2-6-15/h3-4,7-13,15H,1-2,5-6H2,(H2,27,28,29,30). The molecule has 162 valence electrons. The van der Waals surface area contributed by atoms with Crippen LogP contribution in [0.5, 0.6) is 5.75 Å². The smallest absolute Gasteiger partial charge is 0.421 e. The first-order chi connectivity index (χ1) is 14.9. The Hall–Kier alpha value is -3.00. The number of aromatic nitrogens is 2. The first kappa shape index (κ1) is 21.2. The van der Waals surface area contributed by atoms with Gasteiger partial charge in [0.2, 0.25) is 5.95 Å². The Morgan fingerprint density at radius 2 is 1.68 bits per heavy atom. The lowest BCUT2D eigenvalue weighted by molar-refractivity contribution is -0.137. The molecule has 3 aromatic rings. The lowest BCUT2D eigenvalue weighted by Gasteiger charge is -2.16. The summed E-state index contributed by atoms with van der Waals surface area (Å²) >= 11 is 6.07. The molecule has 5 nitrogen and oxygen atoms in total. The summed E-state index contributed by atoms with van der Waals surface area (Å²) in [4.78, 5) is 7.86. The molecule has 0 saturated heterocycles. The minimum absolute atomic E-state index is 0.0204. The van der Waals surface area contributed by atoms with E-state index in [9.17, 15) is 13.2 Å². The van der Waals surface area contributed by atoms with Crippen molar-refractivity contribution in [1.82, 2.24) is 9.97 Å². The first-order valence-electron chi connectivity index (χ1n) is 9.88. The van der Waals surface area contributed by atoms with E-state index in [1.807, 2.05) is 12.1 Å². The highest BCUT2D eigenvalue weighted by Crippen LogP contribution is 2.36. The summed E-state index contributed by atoms with van der Waals surface area (Å²) in [6, 6.07) is 13.7. The van der Waals surface area contributed by atoms with Crippen LogP contribution in [0.25, 0.3) is 0 Å². The fourth-order valence-electron chi connectivity index (χ4n) is 3.38. The molecule has 1 fully saturated rings. The second kappa shape index (κ2) is 9.01. The summed E-state index contributed by atoms with van der Waals surface area (Å²) in [6.45, 7) is 0. The molecule has 2 aromatic carbocycles. The molecule has 1 aliphatic rings. The third-order valence-electron chi connectivity index (χ3n) is 4.94. The van der Waals surface area contributed by atoms with Gasteiger partial charge in [-0.2, -0.15) is 18.2 Å². The molecule has 31 heavy (non-hydrogen) atoms. The van der Waals surface area contributed by atoms with Crippen LogP contribution in [-0.4, -0.2) is 16.1 Å². The number of nitrogens with one attached hydrogen (secondary N) is 2. The molecule has 0 spiro atoms. The van der Waals surface area contributed by atoms with Gasteiger partial charge in [-0.25, -0.2) is 4.98 Å². The molecule has 0 atom stereocenters. The van der Waals surface area contributed by atoms with Crippen molar-refractivity contribution in [3.05, 3.63) is 65.3 Å². The van der Waals surface area contributed by atoms with E-state index in [4.69, 9.17) is 16.3 Å². The fourth-order valence-corrected chi connectivity index (χ4v) is 3.56. The normalized spacial score (nSPS) is 14.5. The van der Waals surface area contributed by atoms with Crippen molar-refractivity contribution in [2.24, 2.45) is 0 Å². The summed E-state index contributed by atoms with van der Waals surface area (Å²) in [6.07, 6.45) is 0.838. The molecule has 0 amide bonds. The van der Waals surface area contributed by atoms with E-state index < -0.39 is 11.7 Å². The molecular formula is C22H20ClF3N4O. The molecule has 9 heteroatoms. The number of hydrogen-bond donors (Lipinski definition) is 2. The van der Waals surface area contributed by atoms with E-state index in [-0.39, 0.29) is 22.9 Å². The van der Waals surface area contributed by atoms with Crippen molar-refractivity contribution in [2.45, 2.75) is 38.0 Å². The van der Waals surface area contributed by atoms with Crippen LogP contribution in [0.15, 0.2) is 54.7 Å². The number of nitrogens with zero attached hydrogens (tertiary/aromatic N) is 2. The third-order valence-corrected chi connectivity index (χ3v) is 5.27. The van der Waals surface area contributed by atoms with Crippen LogP contribution in [-0.2, 0) is 6.18 Å². The van der Waals surface area contributed by atoms with E-state index in [0.29, 0.717) is 11.4 Å². The third kappa shape index (κ3) is 5.38. The van der Waals surface area contributed by atoms with Crippen LogP contribution in [0, 0.1) is 0 Å². The van der Waals surface area contributed by atoms with Crippen LogP contribution < -0.4 is 15.4 Å². The van der Waals surface area contributed by atoms with Gasteiger partial charge in [0.15, 0.2) is 0 Å². The van der Waals surface area contributed by atoms with Crippen molar-refractivity contribution in [2.75, 3.05) is 10.6 Å². The number of alkyl halides is 3. The van der Waals surface area contributed by atoms with Gasteiger partial charge in [-0.1, -0.05) is 23.7 Å². The molecule has 1 aliphatic carbocycles. The largest absolute Gasteiger partial charge is 0.490 e. The molecule has 2 N–H and O–H groups in total. The number of rotatable bonds is 6. The van der Waals surface area contributed by atoms with Crippen molar-refractivity contribution in [3.63, 3.8) is 0 Å². The van der Waals surface area contributed by atoms with Gasteiger partial charge in [-0.15, -0.1) is 0 Å². The van der Waals surface area contributed by atoms with Crippen LogP contribution in [0.4, 0.5) is 36.3 Å². The second-order valence-electron chi connectivity index (χ2n) is 7.23. The minimum atomic E-state index is -4.62. The van der Waals surface area contributed by atoms with Crippen LogP contribution in [0.3, 0.4) is 0 Å². The number of ether oxygens (including phenoxy) is 1. The highest BCUT2D eigenvalue weighted by Gasteiger charge is 2.35. The summed E-state index contributed by atoms with van der Waals surface area (Å²) in [5.74, 6) is 0.387. The Bertz CT molecular complexity index is 1040. The van der Waals surface area contributed by atoms with E-state index in [0.717, 1.165) is 24.8 Å². The Morgan fingerprint density at radius 3 is 2.35 bits per heavy atom. The van der Waals surface area contributed by atoms with E-state index in [2.05, 4.69) is 20.6 Å². The number of halogens is 4. The lowest BCUT2D eigenvalue weighted by Crippen LogP contribution is -2.13. The average Bonchev–Trinajstić information content (AvgIpc) is 3.24. The van der Waals surface area contributed by atoms with Gasteiger partial charge >= 0.3 is 6.18 Å². The molecule has 0 aliphatic heterocycles. The molecule has 0 unspecified atom stereocenters. The van der Waals surface area contributed by atoms with Gasteiger partial charge in [0, 0.05) is 11.9 Å². The molecule has 1 heterocycles. The summed E-state index contributed by atoms with van der Waals surface area (Å²) < 4.78 is 46.2. The first-order valence-corrected chi connectivity index (χ1v) is 10.3. The average molecular weight is 449 g/mol. The summed E-state index contributed by atoms with van der Waals surface area (Å²) in [5.41, 5.74) is -0.0479. The second-order valence-corrected chi connectivity index (χ2v) is 7.64. The van der Waals surface area contributed by atoms with Crippen molar-refractivity contribution in [3.8, 4) is 5.75 Å². The van der Waals surface area contributed by atoms with Crippen LogP contribution in [0.1, 0.15) is 31.2 Å². The molecule has 0 radical (unpaired) electrons. The maximum Gasteiger partial charge on any atom is 0.421 e. The molecule has 0 bridgehead atoms. The van der Waals surface area contributed by atoms with Gasteiger partial charge in [0.1, 0.15) is 17.1 Å². The van der Waals surface area contributed by atoms with Gasteiger partial charge in [-0.05, 0) is 62.1 Å². The summed E-state index contributed by atoms with van der Waals surface area (Å²) in [5, 5.41) is 5.87. The van der Waals surface area contributed by atoms with E-state index >= 15 is 0 Å². The van der Waals surface area contributed by atoms with Gasteiger partial charge in [0.05, 0.1) is 16.8 Å². The molecular weight excluding hydrogens is 429 g/mol. The zero-order valence-electron chi connectivity index (χ0n) is 16.4. The van der Waals surface area contributed by atoms with Crippen LogP contribution in [0.2, 0.25) is 5.02 Å². The molecule has 1 aromatic heterocycles. The highest BCUT2D eigenvalue weighted by molar-refractivity contribution is 6.33. The number of para-hydroxylation sites is 1. The maximum atomic E-state index is 13.4. The number of benzene rings is 2. The zero-order valence-corrected chi connectivity index (χ0v) is 17.2. The zero-order chi connectivity index (χ0) is 21.8. The van der Waals surface area contributed by atoms with Gasteiger partial charge < -0.3 is 15.4 Å².